The molecule has 164 valence electrons. The second-order valence-corrected chi connectivity index (χ2v) is 9.57. The van der Waals surface area contributed by atoms with E-state index in [1.807, 2.05) is 24.9 Å². The first-order valence-electron chi connectivity index (χ1n) is 11.0. The maximum Gasteiger partial charge on any atom is 0.341 e. The molecule has 0 atom stereocenters. The molecule has 4 rings (SSSR count). The Bertz CT molecular complexity index is 805. The van der Waals surface area contributed by atoms with Gasteiger partial charge < -0.3 is 19.6 Å². The lowest BCUT2D eigenvalue weighted by Crippen LogP contribution is -2.67. The molecule has 2 aliphatic heterocycles. The Hall–Kier alpha value is -2.22. The van der Waals surface area contributed by atoms with Gasteiger partial charge in [-0.15, -0.1) is 0 Å². The van der Waals surface area contributed by atoms with E-state index in [4.69, 9.17) is 9.84 Å². The van der Waals surface area contributed by atoms with Gasteiger partial charge in [0, 0.05) is 49.1 Å². The Balaban J connectivity index is 1.34. The van der Waals surface area contributed by atoms with Crippen LogP contribution < -0.4 is 4.74 Å². The second kappa shape index (κ2) is 8.13. The number of aliphatic carboxylic acids is 1. The summed E-state index contributed by atoms with van der Waals surface area (Å²) in [6, 6.07) is 0.627. The standard InChI is InChI=1S/C22H32N4O4/c1-14(2)20-23-10-18(21(24-20)30-11-19(28)29)16-4-6-25(7-5-16)17-8-22(9-17)12-26(13-22)15(3)27/h10,14,16-17H,4-9,11-13H2,1-3H3,(H,28,29). The topological polar surface area (TPSA) is 95.9 Å². The molecule has 1 amide bonds. The van der Waals surface area contributed by atoms with Crippen molar-refractivity contribution in [2.24, 2.45) is 5.41 Å². The van der Waals surface area contributed by atoms with Crippen molar-refractivity contribution >= 4 is 11.9 Å². The average Bonchev–Trinajstić information content (AvgIpc) is 2.64. The maximum absolute atomic E-state index is 11.4. The molecule has 1 aliphatic carbocycles. The number of carbonyl (C=O) groups excluding carboxylic acids is 1. The molecule has 0 radical (unpaired) electrons. The molecule has 0 aromatic carbocycles. The van der Waals surface area contributed by atoms with Crippen LogP contribution in [0.15, 0.2) is 6.20 Å². The number of carbonyl (C=O) groups is 2. The van der Waals surface area contributed by atoms with Gasteiger partial charge in [0.2, 0.25) is 11.8 Å². The maximum atomic E-state index is 11.4. The Morgan fingerprint density at radius 1 is 1.27 bits per heavy atom. The van der Waals surface area contributed by atoms with Gasteiger partial charge in [-0.05, 0) is 44.7 Å². The van der Waals surface area contributed by atoms with Crippen molar-refractivity contribution in [3.05, 3.63) is 17.6 Å². The molecule has 8 nitrogen and oxygen atoms in total. The van der Waals surface area contributed by atoms with Gasteiger partial charge in [-0.1, -0.05) is 13.8 Å². The molecular weight excluding hydrogens is 384 g/mol. The molecule has 8 heteroatoms. The third-order valence-corrected chi connectivity index (χ3v) is 6.97. The number of carboxylic acids is 1. The highest BCUT2D eigenvalue weighted by atomic mass is 16.5. The zero-order valence-electron chi connectivity index (χ0n) is 18.1. The number of aromatic nitrogens is 2. The third kappa shape index (κ3) is 4.15. The predicted molar refractivity (Wildman–Crippen MR) is 111 cm³/mol. The lowest BCUT2D eigenvalue weighted by Gasteiger charge is -2.61. The highest BCUT2D eigenvalue weighted by molar-refractivity contribution is 5.74. The number of rotatable bonds is 6. The lowest BCUT2D eigenvalue weighted by atomic mass is 9.60. The van der Waals surface area contributed by atoms with Crippen molar-refractivity contribution in [1.82, 2.24) is 19.8 Å². The minimum absolute atomic E-state index is 0.157. The van der Waals surface area contributed by atoms with Crippen LogP contribution in [0.25, 0.3) is 0 Å². The molecule has 0 bridgehead atoms. The van der Waals surface area contributed by atoms with Crippen molar-refractivity contribution in [3.8, 4) is 5.88 Å². The van der Waals surface area contributed by atoms with Crippen LogP contribution >= 0.6 is 0 Å². The van der Waals surface area contributed by atoms with Crippen LogP contribution in [0, 0.1) is 5.41 Å². The average molecular weight is 417 g/mol. The Morgan fingerprint density at radius 3 is 2.50 bits per heavy atom. The van der Waals surface area contributed by atoms with E-state index in [-0.39, 0.29) is 24.3 Å². The summed E-state index contributed by atoms with van der Waals surface area (Å²) in [5, 5.41) is 9.00. The van der Waals surface area contributed by atoms with Crippen LogP contribution in [0.1, 0.15) is 69.7 Å². The van der Waals surface area contributed by atoms with Gasteiger partial charge in [0.25, 0.3) is 0 Å². The fourth-order valence-corrected chi connectivity index (χ4v) is 5.21. The fourth-order valence-electron chi connectivity index (χ4n) is 5.21. The predicted octanol–water partition coefficient (Wildman–Crippen LogP) is 2.25. The number of piperidine rings is 1. The summed E-state index contributed by atoms with van der Waals surface area (Å²) in [6.45, 7) is 9.19. The Labute approximate surface area is 177 Å². The smallest absolute Gasteiger partial charge is 0.341 e. The normalized spacial score (nSPS) is 22.1. The van der Waals surface area contributed by atoms with E-state index >= 15 is 0 Å². The molecule has 1 N–H and O–H groups in total. The first-order valence-corrected chi connectivity index (χ1v) is 11.0. The molecule has 3 heterocycles. The van der Waals surface area contributed by atoms with E-state index in [1.54, 1.807) is 6.92 Å². The molecule has 3 fully saturated rings. The molecule has 1 saturated carbocycles. The fraction of sp³-hybridized carbons (Fsp3) is 0.727. The number of hydrogen-bond acceptors (Lipinski definition) is 6. The highest BCUT2D eigenvalue weighted by Gasteiger charge is 2.54. The van der Waals surface area contributed by atoms with Gasteiger partial charge >= 0.3 is 5.97 Å². The van der Waals surface area contributed by atoms with E-state index in [1.165, 1.54) is 12.8 Å². The summed E-state index contributed by atoms with van der Waals surface area (Å²) in [5.74, 6) is 0.740. The summed E-state index contributed by atoms with van der Waals surface area (Å²) < 4.78 is 5.53. The highest BCUT2D eigenvalue weighted by Crippen LogP contribution is 2.51. The van der Waals surface area contributed by atoms with Crippen LogP contribution in [0.3, 0.4) is 0 Å². The van der Waals surface area contributed by atoms with Crippen molar-refractivity contribution in [1.29, 1.82) is 0 Å². The van der Waals surface area contributed by atoms with E-state index < -0.39 is 5.97 Å². The van der Waals surface area contributed by atoms with Crippen molar-refractivity contribution in [3.63, 3.8) is 0 Å². The van der Waals surface area contributed by atoms with E-state index in [0.717, 1.165) is 44.6 Å². The van der Waals surface area contributed by atoms with E-state index in [2.05, 4.69) is 14.9 Å². The largest absolute Gasteiger partial charge is 0.479 e. The van der Waals surface area contributed by atoms with Gasteiger partial charge in [-0.3, -0.25) is 4.79 Å². The van der Waals surface area contributed by atoms with Crippen molar-refractivity contribution < 1.29 is 19.4 Å². The van der Waals surface area contributed by atoms with E-state index in [9.17, 15) is 9.59 Å². The third-order valence-electron chi connectivity index (χ3n) is 6.97. The van der Waals surface area contributed by atoms with Gasteiger partial charge in [0.05, 0.1) is 0 Å². The Kier molecular flexibility index (Phi) is 5.70. The number of hydrogen-bond donors (Lipinski definition) is 1. The molecule has 30 heavy (non-hydrogen) atoms. The van der Waals surface area contributed by atoms with Gasteiger partial charge in [0.15, 0.2) is 6.61 Å². The lowest BCUT2D eigenvalue weighted by molar-refractivity contribution is -0.155. The molecule has 1 aromatic rings. The first-order chi connectivity index (χ1) is 14.3. The Morgan fingerprint density at radius 2 is 1.93 bits per heavy atom. The monoisotopic (exact) mass is 416 g/mol. The van der Waals surface area contributed by atoms with Crippen LogP contribution in [-0.2, 0) is 9.59 Å². The quantitative estimate of drug-likeness (QED) is 0.760. The van der Waals surface area contributed by atoms with Gasteiger partial charge in [0.1, 0.15) is 5.82 Å². The number of amides is 1. The molecule has 2 saturated heterocycles. The molecular formula is C22H32N4O4. The summed E-state index contributed by atoms with van der Waals surface area (Å²) in [4.78, 5) is 36.0. The zero-order chi connectivity index (χ0) is 21.5. The zero-order valence-corrected chi connectivity index (χ0v) is 18.1. The van der Waals surface area contributed by atoms with Crippen LogP contribution in [0.2, 0.25) is 0 Å². The SMILES string of the molecule is CC(=O)N1CC2(CC(N3CCC(c4cnc(C(C)C)nc4OCC(=O)O)CC3)C2)C1. The van der Waals surface area contributed by atoms with Crippen LogP contribution in [0.4, 0.5) is 0 Å². The summed E-state index contributed by atoms with van der Waals surface area (Å²) >= 11 is 0. The van der Waals surface area contributed by atoms with Crippen molar-refractivity contribution in [2.75, 3.05) is 32.8 Å². The first kappa shape index (κ1) is 21.0. The minimum atomic E-state index is -1.00. The van der Waals surface area contributed by atoms with E-state index in [0.29, 0.717) is 23.2 Å². The number of likely N-dealkylation sites (tertiary alicyclic amines) is 2. The number of ether oxygens (including phenoxy) is 1. The second-order valence-electron chi connectivity index (χ2n) is 9.57. The number of nitrogens with zero attached hydrogens (tertiary/aromatic N) is 4. The van der Waals surface area contributed by atoms with Crippen molar-refractivity contribution in [2.45, 2.75) is 64.3 Å². The molecule has 1 aromatic heterocycles. The van der Waals surface area contributed by atoms with Crippen LogP contribution in [0.5, 0.6) is 5.88 Å². The summed E-state index contributed by atoms with van der Waals surface area (Å²) in [7, 11) is 0. The summed E-state index contributed by atoms with van der Waals surface area (Å²) in [5.41, 5.74) is 1.31. The van der Waals surface area contributed by atoms with Gasteiger partial charge in [-0.25, -0.2) is 9.78 Å². The molecule has 3 aliphatic rings. The van der Waals surface area contributed by atoms with Gasteiger partial charge in [-0.2, -0.15) is 4.98 Å². The van der Waals surface area contributed by atoms with Crippen LogP contribution in [-0.4, -0.2) is 75.6 Å². The molecule has 1 spiro atoms. The summed E-state index contributed by atoms with van der Waals surface area (Å²) in [6.07, 6.45) is 6.22. The molecule has 0 unspecified atom stereocenters. The number of carboxylic acid groups (broad SMARTS) is 1. The minimum Gasteiger partial charge on any atom is -0.479 e.